The second-order valence-corrected chi connectivity index (χ2v) is 5.68. The van der Waals surface area contributed by atoms with Crippen LogP contribution in [0.25, 0.3) is 0 Å². The maximum atomic E-state index is 12.0. The number of imidazole rings is 1. The number of nitrogens with zero attached hydrogens (tertiary/aromatic N) is 2. The molecule has 0 saturated carbocycles. The quantitative estimate of drug-likeness (QED) is 0.817. The van der Waals surface area contributed by atoms with Gasteiger partial charge >= 0.3 is 0 Å². The smallest absolute Gasteiger partial charge is 0.252 e. The zero-order valence-corrected chi connectivity index (χ0v) is 13.3. The van der Waals surface area contributed by atoms with Crippen molar-refractivity contribution >= 4 is 40.1 Å². The third-order valence-electron chi connectivity index (χ3n) is 2.73. The van der Waals surface area contributed by atoms with Crippen molar-refractivity contribution in [2.75, 3.05) is 6.54 Å². The van der Waals surface area contributed by atoms with Gasteiger partial charge in [-0.3, -0.25) is 4.79 Å². The van der Waals surface area contributed by atoms with E-state index in [1.54, 1.807) is 24.4 Å². The number of nitrogens with one attached hydrogen (secondary N) is 1. The van der Waals surface area contributed by atoms with Crippen LogP contribution in [0.4, 0.5) is 0 Å². The predicted molar refractivity (Wildman–Crippen MR) is 83.4 cm³/mol. The molecule has 6 heteroatoms. The van der Waals surface area contributed by atoms with Gasteiger partial charge < -0.3 is 9.88 Å². The molecule has 0 atom stereocenters. The van der Waals surface area contributed by atoms with E-state index in [-0.39, 0.29) is 5.91 Å². The molecule has 0 spiro atoms. The van der Waals surface area contributed by atoms with Gasteiger partial charge in [0.1, 0.15) is 5.82 Å². The molecule has 100 valence electrons. The molecule has 0 aliphatic rings. The zero-order chi connectivity index (χ0) is 13.8. The summed E-state index contributed by atoms with van der Waals surface area (Å²) in [5.41, 5.74) is 0.643. The van der Waals surface area contributed by atoms with Crippen LogP contribution in [0, 0.1) is 3.57 Å². The minimum absolute atomic E-state index is 0.0877. The Labute approximate surface area is 130 Å². The molecule has 2 aromatic rings. The van der Waals surface area contributed by atoms with E-state index in [2.05, 4.69) is 32.9 Å². The number of amides is 1. The minimum atomic E-state index is -0.0877. The molecule has 0 unspecified atom stereocenters. The molecule has 19 heavy (non-hydrogen) atoms. The number of carbonyl (C=O) groups is 1. The highest BCUT2D eigenvalue weighted by Gasteiger charge is 2.10. The Bertz CT molecular complexity index is 597. The van der Waals surface area contributed by atoms with E-state index in [0.29, 0.717) is 23.6 Å². The third-order valence-corrected chi connectivity index (χ3v) is 3.86. The Morgan fingerprint density at radius 2 is 2.32 bits per heavy atom. The van der Waals surface area contributed by atoms with Gasteiger partial charge in [0.2, 0.25) is 0 Å². The average molecular weight is 390 g/mol. The molecule has 2 rings (SSSR count). The summed E-state index contributed by atoms with van der Waals surface area (Å²) in [4.78, 5) is 16.2. The van der Waals surface area contributed by atoms with Crippen LogP contribution in [0.15, 0.2) is 30.6 Å². The van der Waals surface area contributed by atoms with Crippen molar-refractivity contribution in [1.82, 2.24) is 14.9 Å². The molecular formula is C13H13ClIN3O. The number of hydrogen-bond donors (Lipinski definition) is 1. The van der Waals surface area contributed by atoms with E-state index in [9.17, 15) is 4.79 Å². The van der Waals surface area contributed by atoms with Crippen LogP contribution in [0.1, 0.15) is 16.2 Å². The molecule has 0 aliphatic heterocycles. The third kappa shape index (κ3) is 3.70. The summed E-state index contributed by atoms with van der Waals surface area (Å²) in [6.07, 6.45) is 4.35. The lowest BCUT2D eigenvalue weighted by atomic mass is 10.2. The Hall–Kier alpha value is -1.08. The fraction of sp³-hybridized carbons (Fsp3) is 0.231. The van der Waals surface area contributed by atoms with Gasteiger partial charge in [-0.05, 0) is 40.8 Å². The van der Waals surface area contributed by atoms with E-state index in [1.807, 2.05) is 17.8 Å². The zero-order valence-electron chi connectivity index (χ0n) is 10.4. The topological polar surface area (TPSA) is 46.9 Å². The average Bonchev–Trinajstić information content (AvgIpc) is 2.75. The number of halogens is 2. The van der Waals surface area contributed by atoms with Gasteiger partial charge in [-0.1, -0.05) is 11.6 Å². The summed E-state index contributed by atoms with van der Waals surface area (Å²) in [5.74, 6) is 0.862. The molecule has 0 aliphatic carbocycles. The van der Waals surface area contributed by atoms with Gasteiger partial charge in [-0.2, -0.15) is 0 Å². The van der Waals surface area contributed by atoms with E-state index in [0.717, 1.165) is 9.39 Å². The van der Waals surface area contributed by atoms with Crippen LogP contribution in [-0.2, 0) is 13.5 Å². The number of hydrogen-bond acceptors (Lipinski definition) is 2. The summed E-state index contributed by atoms with van der Waals surface area (Å²) in [6.45, 7) is 0.558. The van der Waals surface area contributed by atoms with Crippen LogP contribution in [-0.4, -0.2) is 22.0 Å². The van der Waals surface area contributed by atoms with Gasteiger partial charge in [0.25, 0.3) is 5.91 Å². The number of carbonyl (C=O) groups excluding carboxylic acids is 1. The highest BCUT2D eigenvalue weighted by atomic mass is 127. The monoisotopic (exact) mass is 389 g/mol. The minimum Gasteiger partial charge on any atom is -0.352 e. The fourth-order valence-electron chi connectivity index (χ4n) is 1.69. The molecule has 0 saturated heterocycles. The molecule has 0 fully saturated rings. The first kappa shape index (κ1) is 14.3. The lowest BCUT2D eigenvalue weighted by molar-refractivity contribution is 0.0953. The van der Waals surface area contributed by atoms with Crippen molar-refractivity contribution in [3.63, 3.8) is 0 Å². The molecule has 1 amide bonds. The summed E-state index contributed by atoms with van der Waals surface area (Å²) in [7, 11) is 1.94. The van der Waals surface area contributed by atoms with Crippen LogP contribution in [0.5, 0.6) is 0 Å². The van der Waals surface area contributed by atoms with E-state index in [1.165, 1.54) is 0 Å². The van der Waals surface area contributed by atoms with Crippen molar-refractivity contribution in [2.24, 2.45) is 7.05 Å². The largest absolute Gasteiger partial charge is 0.352 e. The highest BCUT2D eigenvalue weighted by Crippen LogP contribution is 2.17. The molecule has 4 nitrogen and oxygen atoms in total. The Morgan fingerprint density at radius 3 is 2.95 bits per heavy atom. The van der Waals surface area contributed by atoms with Gasteiger partial charge in [-0.15, -0.1) is 0 Å². The van der Waals surface area contributed by atoms with Gasteiger partial charge in [0, 0.05) is 41.0 Å². The lowest BCUT2D eigenvalue weighted by Crippen LogP contribution is -2.27. The van der Waals surface area contributed by atoms with Crippen molar-refractivity contribution in [1.29, 1.82) is 0 Å². The highest BCUT2D eigenvalue weighted by molar-refractivity contribution is 14.1. The van der Waals surface area contributed by atoms with Crippen molar-refractivity contribution < 1.29 is 4.79 Å². The van der Waals surface area contributed by atoms with Crippen LogP contribution >= 0.6 is 34.2 Å². The summed E-state index contributed by atoms with van der Waals surface area (Å²) < 4.78 is 2.79. The molecule has 1 aromatic heterocycles. The molecule has 0 bridgehead atoms. The van der Waals surface area contributed by atoms with Gasteiger partial charge in [0.05, 0.1) is 5.56 Å². The van der Waals surface area contributed by atoms with E-state index >= 15 is 0 Å². The van der Waals surface area contributed by atoms with Crippen LogP contribution in [0.3, 0.4) is 0 Å². The maximum Gasteiger partial charge on any atom is 0.252 e. The number of aryl methyl sites for hydroxylation is 1. The molecule has 1 aromatic carbocycles. The summed E-state index contributed by atoms with van der Waals surface area (Å²) >= 11 is 7.97. The fourth-order valence-corrected chi connectivity index (χ4v) is 2.81. The lowest BCUT2D eigenvalue weighted by Gasteiger charge is -2.07. The first-order valence-electron chi connectivity index (χ1n) is 5.77. The number of benzene rings is 1. The normalized spacial score (nSPS) is 10.5. The van der Waals surface area contributed by atoms with Crippen molar-refractivity contribution in [3.05, 3.63) is 50.6 Å². The molecule has 1 heterocycles. The Morgan fingerprint density at radius 1 is 1.53 bits per heavy atom. The maximum absolute atomic E-state index is 12.0. The first-order valence-corrected chi connectivity index (χ1v) is 7.23. The summed E-state index contributed by atoms with van der Waals surface area (Å²) in [5, 5.41) is 3.52. The molecular weight excluding hydrogens is 377 g/mol. The van der Waals surface area contributed by atoms with Crippen LogP contribution in [0.2, 0.25) is 5.02 Å². The standard InChI is InChI=1S/C13H13ClIN3O/c1-18-7-6-16-12(18)4-5-17-13(19)10-3-2-9(14)8-11(10)15/h2-3,6-8H,4-5H2,1H3,(H,17,19). The number of rotatable bonds is 4. The van der Waals surface area contributed by atoms with Gasteiger partial charge in [0.15, 0.2) is 0 Å². The number of aromatic nitrogens is 2. The van der Waals surface area contributed by atoms with Crippen molar-refractivity contribution in [2.45, 2.75) is 6.42 Å². The van der Waals surface area contributed by atoms with E-state index < -0.39 is 0 Å². The molecule has 1 N–H and O–H groups in total. The van der Waals surface area contributed by atoms with Crippen LogP contribution < -0.4 is 5.32 Å². The molecule has 0 radical (unpaired) electrons. The second kappa shape index (κ2) is 6.38. The first-order chi connectivity index (χ1) is 9.08. The summed E-state index contributed by atoms with van der Waals surface area (Å²) in [6, 6.07) is 5.23. The SMILES string of the molecule is Cn1ccnc1CCNC(=O)c1ccc(Cl)cc1I. The second-order valence-electron chi connectivity index (χ2n) is 4.08. The Balaban J connectivity index is 1.93. The predicted octanol–water partition coefficient (Wildman–Crippen LogP) is 2.65. The van der Waals surface area contributed by atoms with Gasteiger partial charge in [-0.25, -0.2) is 4.98 Å². The van der Waals surface area contributed by atoms with Crippen molar-refractivity contribution in [3.8, 4) is 0 Å². The van der Waals surface area contributed by atoms with E-state index in [4.69, 9.17) is 11.6 Å². The Kier molecular flexibility index (Phi) is 4.81.